The first kappa shape index (κ1) is 9.08. The minimum absolute atomic E-state index is 0.0939. The molecule has 3 N–H and O–H groups in total. The predicted octanol–water partition coefficient (Wildman–Crippen LogP) is 1.82. The molecule has 2 rings (SSSR count). The zero-order valence-corrected chi connectivity index (χ0v) is 7.67. The molecule has 0 aliphatic carbocycles. The zero-order valence-electron chi connectivity index (χ0n) is 7.67. The second-order valence-electron chi connectivity index (χ2n) is 3.27. The van der Waals surface area contributed by atoms with Gasteiger partial charge in [-0.1, -0.05) is 0 Å². The van der Waals surface area contributed by atoms with Crippen LogP contribution in [0.5, 0.6) is 5.75 Å². The first-order chi connectivity index (χ1) is 6.72. The standard InChI is InChI=1S/C9H11FN2O2/c1-5-4-14-9-6(10)2-3-7(12-13)8(9)11-5/h2-3,5,11-13H,4H2,1H3/t5-/m1/s1. The molecule has 0 bridgehead atoms. The topological polar surface area (TPSA) is 53.5 Å². The van der Waals surface area contributed by atoms with Crippen LogP contribution in [0.2, 0.25) is 0 Å². The van der Waals surface area contributed by atoms with Crippen LogP contribution in [0.3, 0.4) is 0 Å². The molecule has 1 heterocycles. The van der Waals surface area contributed by atoms with Crippen LogP contribution in [0.4, 0.5) is 15.8 Å². The predicted molar refractivity (Wildman–Crippen MR) is 50.4 cm³/mol. The molecule has 0 amide bonds. The molecule has 4 nitrogen and oxygen atoms in total. The van der Waals surface area contributed by atoms with Crippen molar-refractivity contribution in [3.05, 3.63) is 17.9 Å². The smallest absolute Gasteiger partial charge is 0.180 e. The third-order valence-electron chi connectivity index (χ3n) is 2.10. The number of rotatable bonds is 1. The molecule has 1 aromatic carbocycles. The Labute approximate surface area is 80.6 Å². The van der Waals surface area contributed by atoms with Gasteiger partial charge in [0.2, 0.25) is 0 Å². The van der Waals surface area contributed by atoms with E-state index in [9.17, 15) is 4.39 Å². The van der Waals surface area contributed by atoms with Gasteiger partial charge in [-0.05, 0) is 19.1 Å². The van der Waals surface area contributed by atoms with E-state index < -0.39 is 5.82 Å². The van der Waals surface area contributed by atoms with Gasteiger partial charge >= 0.3 is 0 Å². The highest BCUT2D eigenvalue weighted by Crippen LogP contribution is 2.37. The average Bonchev–Trinajstić information content (AvgIpc) is 2.18. The Kier molecular flexibility index (Phi) is 2.17. The van der Waals surface area contributed by atoms with Crippen molar-refractivity contribution in [1.29, 1.82) is 0 Å². The molecule has 1 aromatic rings. The maximum Gasteiger partial charge on any atom is 0.180 e. The van der Waals surface area contributed by atoms with E-state index in [0.717, 1.165) is 0 Å². The van der Waals surface area contributed by atoms with Gasteiger partial charge in [0.05, 0.1) is 11.7 Å². The number of halogens is 1. The number of anilines is 2. The number of nitrogens with one attached hydrogen (secondary N) is 2. The monoisotopic (exact) mass is 198 g/mol. The van der Waals surface area contributed by atoms with Crippen molar-refractivity contribution in [3.8, 4) is 5.75 Å². The summed E-state index contributed by atoms with van der Waals surface area (Å²) in [5.74, 6) is -0.277. The molecule has 1 aliphatic rings. The molecule has 5 heteroatoms. The van der Waals surface area contributed by atoms with E-state index in [-0.39, 0.29) is 11.8 Å². The molecule has 0 saturated heterocycles. The SMILES string of the molecule is C[C@@H]1COc2c(F)ccc(NO)c2N1. The van der Waals surface area contributed by atoms with Crippen molar-refractivity contribution < 1.29 is 14.3 Å². The molecule has 76 valence electrons. The molecular weight excluding hydrogens is 187 g/mol. The van der Waals surface area contributed by atoms with E-state index in [1.165, 1.54) is 12.1 Å². The molecule has 0 fully saturated rings. The summed E-state index contributed by atoms with van der Waals surface area (Å²) < 4.78 is 18.5. The van der Waals surface area contributed by atoms with Crippen LogP contribution in [-0.2, 0) is 0 Å². The first-order valence-electron chi connectivity index (χ1n) is 4.34. The van der Waals surface area contributed by atoms with Gasteiger partial charge in [0.25, 0.3) is 0 Å². The quantitative estimate of drug-likeness (QED) is 0.602. The number of benzene rings is 1. The van der Waals surface area contributed by atoms with Crippen molar-refractivity contribution in [2.45, 2.75) is 13.0 Å². The maximum atomic E-state index is 13.2. The van der Waals surface area contributed by atoms with Crippen molar-refractivity contribution in [3.63, 3.8) is 0 Å². The largest absolute Gasteiger partial charge is 0.486 e. The van der Waals surface area contributed by atoms with Gasteiger partial charge in [0.15, 0.2) is 11.6 Å². The highest BCUT2D eigenvalue weighted by molar-refractivity contribution is 5.76. The minimum atomic E-state index is -0.432. The normalized spacial score (nSPS) is 19.2. The van der Waals surface area contributed by atoms with Gasteiger partial charge in [-0.25, -0.2) is 4.39 Å². The van der Waals surface area contributed by atoms with Gasteiger partial charge in [-0.3, -0.25) is 10.7 Å². The van der Waals surface area contributed by atoms with Crippen LogP contribution < -0.4 is 15.5 Å². The van der Waals surface area contributed by atoms with E-state index in [1.807, 2.05) is 12.4 Å². The Morgan fingerprint density at radius 2 is 2.43 bits per heavy atom. The van der Waals surface area contributed by atoms with E-state index in [4.69, 9.17) is 9.94 Å². The van der Waals surface area contributed by atoms with Crippen molar-refractivity contribution in [2.75, 3.05) is 17.4 Å². The Bertz CT molecular complexity index is 357. The molecule has 14 heavy (non-hydrogen) atoms. The summed E-state index contributed by atoms with van der Waals surface area (Å²) in [7, 11) is 0. The number of ether oxygens (including phenoxy) is 1. The van der Waals surface area contributed by atoms with Gasteiger partial charge in [0.1, 0.15) is 12.3 Å². The van der Waals surface area contributed by atoms with E-state index in [0.29, 0.717) is 18.0 Å². The Hall–Kier alpha value is -1.49. The summed E-state index contributed by atoms with van der Waals surface area (Å²) in [6.45, 7) is 2.33. The van der Waals surface area contributed by atoms with Crippen LogP contribution >= 0.6 is 0 Å². The molecule has 0 saturated carbocycles. The van der Waals surface area contributed by atoms with Crippen molar-refractivity contribution in [2.24, 2.45) is 0 Å². The molecule has 0 aromatic heterocycles. The van der Waals surface area contributed by atoms with Crippen molar-refractivity contribution >= 4 is 11.4 Å². The highest BCUT2D eigenvalue weighted by atomic mass is 19.1. The summed E-state index contributed by atoms with van der Waals surface area (Å²) in [5.41, 5.74) is 2.87. The summed E-state index contributed by atoms with van der Waals surface area (Å²) in [6, 6.07) is 2.79. The van der Waals surface area contributed by atoms with E-state index in [1.54, 1.807) is 0 Å². The summed E-state index contributed by atoms with van der Waals surface area (Å²) >= 11 is 0. The maximum absolute atomic E-state index is 13.2. The molecule has 0 radical (unpaired) electrons. The van der Waals surface area contributed by atoms with Gasteiger partial charge in [0, 0.05) is 0 Å². The molecule has 1 atom stereocenters. The van der Waals surface area contributed by atoms with Gasteiger partial charge in [-0.15, -0.1) is 0 Å². The first-order valence-corrected chi connectivity index (χ1v) is 4.34. The lowest BCUT2D eigenvalue weighted by Crippen LogP contribution is -2.29. The van der Waals surface area contributed by atoms with Gasteiger partial charge in [-0.2, -0.15) is 0 Å². The van der Waals surface area contributed by atoms with Crippen LogP contribution in [-0.4, -0.2) is 17.9 Å². The third kappa shape index (κ3) is 1.35. The molecule has 0 unspecified atom stereocenters. The second-order valence-corrected chi connectivity index (χ2v) is 3.27. The fourth-order valence-electron chi connectivity index (χ4n) is 1.43. The zero-order chi connectivity index (χ0) is 10.1. The van der Waals surface area contributed by atoms with Crippen molar-refractivity contribution in [1.82, 2.24) is 0 Å². The molecule has 0 spiro atoms. The lowest BCUT2D eigenvalue weighted by atomic mass is 10.2. The Morgan fingerprint density at radius 1 is 1.64 bits per heavy atom. The summed E-state index contributed by atoms with van der Waals surface area (Å²) in [5, 5.41) is 11.8. The summed E-state index contributed by atoms with van der Waals surface area (Å²) in [6.07, 6.45) is 0. The highest BCUT2D eigenvalue weighted by Gasteiger charge is 2.21. The van der Waals surface area contributed by atoms with E-state index in [2.05, 4.69) is 5.32 Å². The van der Waals surface area contributed by atoms with Crippen LogP contribution in [0.1, 0.15) is 6.92 Å². The molecular formula is C9H11FN2O2. The summed E-state index contributed by atoms with van der Waals surface area (Å²) in [4.78, 5) is 0. The fourth-order valence-corrected chi connectivity index (χ4v) is 1.43. The Morgan fingerprint density at radius 3 is 3.14 bits per heavy atom. The van der Waals surface area contributed by atoms with Gasteiger partial charge < -0.3 is 10.1 Å². The number of fused-ring (bicyclic) bond motifs is 1. The van der Waals surface area contributed by atoms with Crippen LogP contribution in [0.25, 0.3) is 0 Å². The van der Waals surface area contributed by atoms with Crippen LogP contribution in [0.15, 0.2) is 12.1 Å². The average molecular weight is 198 g/mol. The third-order valence-corrected chi connectivity index (χ3v) is 2.10. The number of hydrogen-bond donors (Lipinski definition) is 3. The Balaban J connectivity index is 2.49. The van der Waals surface area contributed by atoms with Crippen LogP contribution in [0, 0.1) is 5.82 Å². The fraction of sp³-hybridized carbons (Fsp3) is 0.333. The van der Waals surface area contributed by atoms with E-state index >= 15 is 0 Å². The number of hydrogen-bond acceptors (Lipinski definition) is 4. The lowest BCUT2D eigenvalue weighted by molar-refractivity contribution is 0.277. The molecule has 1 aliphatic heterocycles. The lowest BCUT2D eigenvalue weighted by Gasteiger charge is -2.26. The second kappa shape index (κ2) is 3.34. The minimum Gasteiger partial charge on any atom is -0.486 e.